The maximum atomic E-state index is 13.3. The highest BCUT2D eigenvalue weighted by atomic mass is 16.2. The van der Waals surface area contributed by atoms with Crippen LogP contribution in [0, 0.1) is 25.7 Å². The Balaban J connectivity index is 1.30. The van der Waals surface area contributed by atoms with Crippen LogP contribution in [0.25, 0.3) is 33.4 Å². The standard InChI is InChI=1S/C29H30N4O2/c1-18-19(2)31-27(33(28(18)34)17-20-12-14-32(16-20)29(35)24-8-9-24)23-6-3-21(4-7-23)25-10-5-22-11-13-30-26(22)15-25/h3-7,10-11,13,15,20,24,30H,8-9,12,14,16-17H2,1-2H3. The van der Waals surface area contributed by atoms with Gasteiger partial charge in [0.15, 0.2) is 0 Å². The summed E-state index contributed by atoms with van der Waals surface area (Å²) in [6.07, 6.45) is 4.93. The number of fused-ring (bicyclic) bond motifs is 1. The molecule has 1 atom stereocenters. The number of carbonyl (C=O) groups is 1. The summed E-state index contributed by atoms with van der Waals surface area (Å²) in [5.41, 5.74) is 5.77. The number of nitrogens with zero attached hydrogens (tertiary/aromatic N) is 3. The molecule has 178 valence electrons. The summed E-state index contributed by atoms with van der Waals surface area (Å²) in [5, 5.41) is 1.19. The highest BCUT2D eigenvalue weighted by molar-refractivity contribution is 5.85. The Morgan fingerprint density at radius 3 is 2.51 bits per heavy atom. The average molecular weight is 467 g/mol. The number of amides is 1. The molecule has 35 heavy (non-hydrogen) atoms. The van der Waals surface area contributed by atoms with Crippen LogP contribution in [0.3, 0.4) is 0 Å². The van der Waals surface area contributed by atoms with Gasteiger partial charge >= 0.3 is 0 Å². The molecule has 1 amide bonds. The number of aromatic nitrogens is 3. The molecule has 1 aliphatic carbocycles. The van der Waals surface area contributed by atoms with Gasteiger partial charge in [0.2, 0.25) is 5.91 Å². The normalized spacial score (nSPS) is 17.9. The van der Waals surface area contributed by atoms with Crippen LogP contribution in [0.15, 0.2) is 59.5 Å². The van der Waals surface area contributed by atoms with Crippen LogP contribution in [0.1, 0.15) is 30.5 Å². The monoisotopic (exact) mass is 466 g/mol. The van der Waals surface area contributed by atoms with E-state index in [4.69, 9.17) is 4.98 Å². The lowest BCUT2D eigenvalue weighted by Gasteiger charge is -2.19. The van der Waals surface area contributed by atoms with E-state index in [2.05, 4.69) is 53.5 Å². The second kappa shape index (κ2) is 8.52. The van der Waals surface area contributed by atoms with Gasteiger partial charge in [0, 0.05) is 54.1 Å². The number of carbonyl (C=O) groups excluding carboxylic acids is 1. The van der Waals surface area contributed by atoms with Crippen LogP contribution in [0.4, 0.5) is 0 Å². The molecule has 6 nitrogen and oxygen atoms in total. The highest BCUT2D eigenvalue weighted by Crippen LogP contribution is 2.33. The van der Waals surface area contributed by atoms with Gasteiger partial charge in [-0.1, -0.05) is 36.4 Å². The third-order valence-electron chi connectivity index (χ3n) is 7.63. The first-order chi connectivity index (χ1) is 17.0. The molecule has 1 N–H and O–H groups in total. The Morgan fingerprint density at radius 2 is 1.74 bits per heavy atom. The van der Waals surface area contributed by atoms with Crippen LogP contribution in [0.5, 0.6) is 0 Å². The first-order valence-electron chi connectivity index (χ1n) is 12.5. The molecular weight excluding hydrogens is 436 g/mol. The maximum absolute atomic E-state index is 13.3. The number of nitrogens with one attached hydrogen (secondary N) is 1. The quantitative estimate of drug-likeness (QED) is 0.453. The Hall–Kier alpha value is -3.67. The van der Waals surface area contributed by atoms with Crippen LogP contribution in [-0.2, 0) is 11.3 Å². The van der Waals surface area contributed by atoms with E-state index >= 15 is 0 Å². The lowest BCUT2D eigenvalue weighted by atomic mass is 10.0. The van der Waals surface area contributed by atoms with Crippen molar-refractivity contribution in [2.45, 2.75) is 39.7 Å². The molecule has 0 radical (unpaired) electrons. The molecule has 6 rings (SSSR count). The molecule has 2 aromatic heterocycles. The first-order valence-corrected chi connectivity index (χ1v) is 12.5. The van der Waals surface area contributed by atoms with Crippen molar-refractivity contribution in [2.75, 3.05) is 13.1 Å². The Labute approximate surface area is 204 Å². The summed E-state index contributed by atoms with van der Waals surface area (Å²) >= 11 is 0. The zero-order chi connectivity index (χ0) is 24.1. The van der Waals surface area contributed by atoms with E-state index in [9.17, 15) is 9.59 Å². The number of likely N-dealkylation sites (tertiary alicyclic amines) is 1. The van der Waals surface area contributed by atoms with Crippen LogP contribution in [0.2, 0.25) is 0 Å². The van der Waals surface area contributed by atoms with E-state index < -0.39 is 0 Å². The summed E-state index contributed by atoms with van der Waals surface area (Å²) < 4.78 is 1.83. The predicted octanol–water partition coefficient (Wildman–Crippen LogP) is 4.93. The molecule has 1 aliphatic heterocycles. The fraction of sp³-hybridized carbons (Fsp3) is 0.345. The predicted molar refractivity (Wildman–Crippen MR) is 138 cm³/mol. The van der Waals surface area contributed by atoms with Gasteiger partial charge in [-0.25, -0.2) is 4.98 Å². The number of aromatic amines is 1. The third kappa shape index (κ3) is 4.07. The van der Waals surface area contributed by atoms with Crippen LogP contribution < -0.4 is 5.56 Å². The Kier molecular flexibility index (Phi) is 5.32. The average Bonchev–Trinajstić information content (AvgIpc) is 3.44. The van der Waals surface area contributed by atoms with Crippen molar-refractivity contribution < 1.29 is 4.79 Å². The molecule has 1 unspecified atom stereocenters. The molecule has 2 aliphatic rings. The SMILES string of the molecule is Cc1nc(-c2ccc(-c3ccc4cc[nH]c4c3)cc2)n(CC2CCN(C(=O)C3CC3)C2)c(=O)c1C. The second-order valence-electron chi connectivity index (χ2n) is 10.1. The lowest BCUT2D eigenvalue weighted by Crippen LogP contribution is -2.32. The summed E-state index contributed by atoms with van der Waals surface area (Å²) in [5.74, 6) is 1.51. The van der Waals surface area contributed by atoms with E-state index in [1.165, 1.54) is 5.39 Å². The summed E-state index contributed by atoms with van der Waals surface area (Å²) in [6, 6.07) is 16.8. The number of hydrogen-bond acceptors (Lipinski definition) is 3. The van der Waals surface area contributed by atoms with Gasteiger partial charge in [-0.15, -0.1) is 0 Å². The number of H-pyrrole nitrogens is 1. The molecule has 4 aromatic rings. The van der Waals surface area contributed by atoms with Gasteiger partial charge < -0.3 is 9.88 Å². The van der Waals surface area contributed by atoms with Crippen LogP contribution >= 0.6 is 0 Å². The van der Waals surface area contributed by atoms with Gasteiger partial charge in [0.25, 0.3) is 5.56 Å². The van der Waals surface area contributed by atoms with Crippen molar-refractivity contribution in [3.8, 4) is 22.5 Å². The van der Waals surface area contributed by atoms with Gasteiger partial charge in [-0.2, -0.15) is 0 Å². The topological polar surface area (TPSA) is 71.0 Å². The minimum Gasteiger partial charge on any atom is -0.361 e. The van der Waals surface area contributed by atoms with Crippen molar-refractivity contribution in [3.63, 3.8) is 0 Å². The smallest absolute Gasteiger partial charge is 0.256 e. The Bertz CT molecular complexity index is 1480. The van der Waals surface area contributed by atoms with Crippen molar-refractivity contribution in [2.24, 2.45) is 11.8 Å². The number of aryl methyl sites for hydroxylation is 1. The van der Waals surface area contributed by atoms with E-state index in [1.807, 2.05) is 29.5 Å². The summed E-state index contributed by atoms with van der Waals surface area (Å²) in [4.78, 5) is 36.0. The van der Waals surface area contributed by atoms with Crippen molar-refractivity contribution >= 4 is 16.8 Å². The summed E-state index contributed by atoms with van der Waals surface area (Å²) in [7, 11) is 0. The van der Waals surface area contributed by atoms with E-state index in [0.717, 1.165) is 60.3 Å². The summed E-state index contributed by atoms with van der Waals surface area (Å²) in [6.45, 7) is 5.86. The number of hydrogen-bond donors (Lipinski definition) is 1. The zero-order valence-corrected chi connectivity index (χ0v) is 20.3. The second-order valence-corrected chi connectivity index (χ2v) is 10.1. The van der Waals surface area contributed by atoms with Gasteiger partial charge in [0.1, 0.15) is 5.82 Å². The van der Waals surface area contributed by atoms with Gasteiger partial charge in [0.05, 0.1) is 0 Å². The van der Waals surface area contributed by atoms with E-state index in [-0.39, 0.29) is 17.4 Å². The largest absolute Gasteiger partial charge is 0.361 e. The first kappa shape index (κ1) is 21.8. The molecule has 6 heteroatoms. The molecule has 0 spiro atoms. The zero-order valence-electron chi connectivity index (χ0n) is 20.3. The van der Waals surface area contributed by atoms with E-state index in [0.29, 0.717) is 23.8 Å². The van der Waals surface area contributed by atoms with Crippen molar-refractivity contribution in [1.82, 2.24) is 19.4 Å². The molecule has 2 fully saturated rings. The third-order valence-corrected chi connectivity index (χ3v) is 7.63. The van der Waals surface area contributed by atoms with Crippen molar-refractivity contribution in [1.29, 1.82) is 0 Å². The van der Waals surface area contributed by atoms with Gasteiger partial charge in [-0.3, -0.25) is 14.2 Å². The van der Waals surface area contributed by atoms with E-state index in [1.54, 1.807) is 0 Å². The fourth-order valence-corrected chi connectivity index (χ4v) is 5.21. The molecular formula is C29H30N4O2. The lowest BCUT2D eigenvalue weighted by molar-refractivity contribution is -0.131. The number of benzene rings is 2. The highest BCUT2D eigenvalue weighted by Gasteiger charge is 2.36. The molecule has 3 heterocycles. The molecule has 1 saturated carbocycles. The molecule has 2 aromatic carbocycles. The molecule has 0 bridgehead atoms. The Morgan fingerprint density at radius 1 is 1.00 bits per heavy atom. The molecule has 1 saturated heterocycles. The number of rotatable bonds is 5. The minimum absolute atomic E-state index is 0.0146. The fourth-order valence-electron chi connectivity index (χ4n) is 5.21. The maximum Gasteiger partial charge on any atom is 0.256 e. The van der Waals surface area contributed by atoms with Gasteiger partial charge in [-0.05, 0) is 67.7 Å². The van der Waals surface area contributed by atoms with Crippen molar-refractivity contribution in [3.05, 3.63) is 76.3 Å². The minimum atomic E-state index is 0.0146. The van der Waals surface area contributed by atoms with Crippen LogP contribution in [-0.4, -0.2) is 38.4 Å².